The molecule has 0 aromatic heterocycles. The number of nitrogens with one attached hydrogen (secondary N) is 1. The van der Waals surface area contributed by atoms with Crippen LogP contribution in [0.15, 0.2) is 30.3 Å². The molecule has 2 nitrogen and oxygen atoms in total. The van der Waals surface area contributed by atoms with E-state index in [1.807, 2.05) is 30.3 Å². The Labute approximate surface area is 79.7 Å². The van der Waals surface area contributed by atoms with Crippen LogP contribution in [0.5, 0.6) is 5.75 Å². The van der Waals surface area contributed by atoms with Gasteiger partial charge in [0.2, 0.25) is 0 Å². The summed E-state index contributed by atoms with van der Waals surface area (Å²) < 4.78 is 5.49. The molecule has 0 bridgehead atoms. The number of rotatable bonds is 6. The lowest BCUT2D eigenvalue weighted by Crippen LogP contribution is -1.97. The Morgan fingerprint density at radius 2 is 1.77 bits per heavy atom. The van der Waals surface area contributed by atoms with Gasteiger partial charge < -0.3 is 4.74 Å². The Kier molecular flexibility index (Phi) is 5.02. The van der Waals surface area contributed by atoms with Crippen LogP contribution in [0.25, 0.3) is 0 Å². The second-order valence-corrected chi connectivity index (χ2v) is 2.97. The lowest BCUT2D eigenvalue weighted by atomic mass is 10.2. The highest BCUT2D eigenvalue weighted by molar-refractivity contribution is 5.20. The van der Waals surface area contributed by atoms with E-state index in [0.29, 0.717) is 6.54 Å². The zero-order chi connectivity index (χ0) is 9.36. The minimum absolute atomic E-state index is 0.533. The first kappa shape index (κ1) is 10.1. The number of unbranched alkanes of at least 4 members (excludes halogenated alkanes) is 2. The van der Waals surface area contributed by atoms with Gasteiger partial charge in [-0.3, -0.25) is 5.73 Å². The molecule has 1 aromatic carbocycles. The van der Waals surface area contributed by atoms with E-state index in [0.717, 1.165) is 31.6 Å². The first-order chi connectivity index (χ1) is 6.43. The molecule has 0 unspecified atom stereocenters. The Balaban J connectivity index is 2.07. The highest BCUT2D eigenvalue weighted by Gasteiger charge is 1.91. The van der Waals surface area contributed by atoms with Gasteiger partial charge in [0.15, 0.2) is 0 Å². The van der Waals surface area contributed by atoms with Crippen molar-refractivity contribution in [2.75, 3.05) is 13.2 Å². The molecular formula is C11H16NO. The fraction of sp³-hybridized carbons (Fsp3) is 0.455. The molecule has 0 heterocycles. The third-order valence-corrected chi connectivity index (χ3v) is 1.83. The largest absolute Gasteiger partial charge is 0.494 e. The normalized spacial score (nSPS) is 9.92. The third-order valence-electron chi connectivity index (χ3n) is 1.83. The predicted octanol–water partition coefficient (Wildman–Crippen LogP) is 2.52. The van der Waals surface area contributed by atoms with Crippen LogP contribution in [0.2, 0.25) is 0 Å². The van der Waals surface area contributed by atoms with Crippen molar-refractivity contribution in [2.45, 2.75) is 19.3 Å². The van der Waals surface area contributed by atoms with Crippen molar-refractivity contribution in [1.82, 2.24) is 5.73 Å². The van der Waals surface area contributed by atoms with E-state index in [1.54, 1.807) is 0 Å². The molecule has 71 valence electrons. The molecule has 0 spiro atoms. The topological polar surface area (TPSA) is 33.0 Å². The molecule has 0 atom stereocenters. The maximum Gasteiger partial charge on any atom is 0.119 e. The van der Waals surface area contributed by atoms with E-state index < -0.39 is 0 Å². The van der Waals surface area contributed by atoms with Crippen LogP contribution in [0.1, 0.15) is 19.3 Å². The van der Waals surface area contributed by atoms with Gasteiger partial charge in [0.05, 0.1) is 6.61 Å². The Hall–Kier alpha value is -1.02. The molecule has 0 aliphatic heterocycles. The predicted molar refractivity (Wildman–Crippen MR) is 53.8 cm³/mol. The van der Waals surface area contributed by atoms with Crippen LogP contribution < -0.4 is 10.5 Å². The molecule has 0 amide bonds. The smallest absolute Gasteiger partial charge is 0.119 e. The molecule has 0 saturated heterocycles. The standard InChI is InChI=1S/C11H16NO/c12-9-5-2-6-10-13-11-7-3-1-4-8-11/h1,3-4,7-8,12H,2,5-6,9-10H2. The van der Waals surface area contributed by atoms with Crippen LogP contribution in [0, 0.1) is 0 Å². The van der Waals surface area contributed by atoms with Crippen molar-refractivity contribution >= 4 is 0 Å². The molecule has 13 heavy (non-hydrogen) atoms. The van der Waals surface area contributed by atoms with Gasteiger partial charge in [-0.2, -0.15) is 0 Å². The highest BCUT2D eigenvalue weighted by atomic mass is 16.5. The van der Waals surface area contributed by atoms with Gasteiger partial charge in [-0.15, -0.1) is 0 Å². The molecule has 1 N–H and O–H groups in total. The van der Waals surface area contributed by atoms with Crippen LogP contribution in [-0.4, -0.2) is 13.2 Å². The molecule has 1 radical (unpaired) electrons. The van der Waals surface area contributed by atoms with Crippen molar-refractivity contribution in [1.29, 1.82) is 0 Å². The average Bonchev–Trinajstić information content (AvgIpc) is 2.19. The van der Waals surface area contributed by atoms with Gasteiger partial charge in [0, 0.05) is 6.54 Å². The molecule has 1 aromatic rings. The van der Waals surface area contributed by atoms with Gasteiger partial charge >= 0.3 is 0 Å². The van der Waals surface area contributed by atoms with Crippen LogP contribution in [-0.2, 0) is 0 Å². The minimum atomic E-state index is 0.533. The number of hydrogen-bond acceptors (Lipinski definition) is 1. The molecule has 0 aliphatic rings. The summed E-state index contributed by atoms with van der Waals surface area (Å²) in [5, 5.41) is 0. The van der Waals surface area contributed by atoms with E-state index in [1.165, 1.54) is 0 Å². The molecule has 0 fully saturated rings. The van der Waals surface area contributed by atoms with Gasteiger partial charge in [-0.05, 0) is 31.4 Å². The molecular weight excluding hydrogens is 162 g/mol. The van der Waals surface area contributed by atoms with Crippen LogP contribution in [0.3, 0.4) is 0 Å². The van der Waals surface area contributed by atoms with Crippen LogP contribution >= 0.6 is 0 Å². The summed E-state index contributed by atoms with van der Waals surface area (Å²) in [6, 6.07) is 9.85. The van der Waals surface area contributed by atoms with Crippen molar-refractivity contribution in [2.24, 2.45) is 0 Å². The number of benzene rings is 1. The van der Waals surface area contributed by atoms with Crippen molar-refractivity contribution < 1.29 is 4.74 Å². The summed E-state index contributed by atoms with van der Waals surface area (Å²) in [5.74, 6) is 0.938. The Bertz CT molecular complexity index is 211. The Morgan fingerprint density at radius 1 is 1.00 bits per heavy atom. The Morgan fingerprint density at radius 3 is 2.46 bits per heavy atom. The van der Waals surface area contributed by atoms with Gasteiger partial charge in [-0.25, -0.2) is 0 Å². The van der Waals surface area contributed by atoms with E-state index >= 15 is 0 Å². The fourth-order valence-electron chi connectivity index (χ4n) is 1.11. The zero-order valence-corrected chi connectivity index (χ0v) is 7.83. The maximum atomic E-state index is 6.96. The van der Waals surface area contributed by atoms with Crippen molar-refractivity contribution in [3.05, 3.63) is 30.3 Å². The van der Waals surface area contributed by atoms with Gasteiger partial charge in [0.1, 0.15) is 5.75 Å². The molecule has 2 heteroatoms. The number of ether oxygens (including phenoxy) is 1. The third kappa shape index (κ3) is 4.53. The van der Waals surface area contributed by atoms with Crippen LogP contribution in [0.4, 0.5) is 0 Å². The quantitative estimate of drug-likeness (QED) is 0.616. The first-order valence-electron chi connectivity index (χ1n) is 4.76. The number of hydrogen-bond donors (Lipinski definition) is 0. The van der Waals surface area contributed by atoms with Crippen molar-refractivity contribution in [3.8, 4) is 5.75 Å². The molecule has 0 saturated carbocycles. The zero-order valence-electron chi connectivity index (χ0n) is 7.83. The molecule has 0 aliphatic carbocycles. The highest BCUT2D eigenvalue weighted by Crippen LogP contribution is 2.08. The lowest BCUT2D eigenvalue weighted by molar-refractivity contribution is 0.305. The minimum Gasteiger partial charge on any atom is -0.494 e. The summed E-state index contributed by atoms with van der Waals surface area (Å²) in [6.07, 6.45) is 3.13. The fourth-order valence-corrected chi connectivity index (χ4v) is 1.11. The lowest BCUT2D eigenvalue weighted by Gasteiger charge is -2.04. The summed E-state index contributed by atoms with van der Waals surface area (Å²) >= 11 is 0. The average molecular weight is 178 g/mol. The summed E-state index contributed by atoms with van der Waals surface area (Å²) in [4.78, 5) is 0. The van der Waals surface area contributed by atoms with Crippen molar-refractivity contribution in [3.63, 3.8) is 0 Å². The van der Waals surface area contributed by atoms with E-state index in [4.69, 9.17) is 10.5 Å². The maximum absolute atomic E-state index is 6.96. The van der Waals surface area contributed by atoms with Gasteiger partial charge in [-0.1, -0.05) is 18.2 Å². The summed E-state index contributed by atoms with van der Waals surface area (Å²) in [7, 11) is 0. The summed E-state index contributed by atoms with van der Waals surface area (Å²) in [5.41, 5.74) is 6.96. The second-order valence-electron chi connectivity index (χ2n) is 2.97. The monoisotopic (exact) mass is 178 g/mol. The van der Waals surface area contributed by atoms with E-state index in [2.05, 4.69) is 0 Å². The summed E-state index contributed by atoms with van der Waals surface area (Å²) in [6.45, 7) is 1.30. The van der Waals surface area contributed by atoms with E-state index in [-0.39, 0.29) is 0 Å². The SMILES string of the molecule is [NH]CCCCCOc1ccccc1. The number of para-hydroxylation sites is 1. The first-order valence-corrected chi connectivity index (χ1v) is 4.76. The second kappa shape index (κ2) is 6.49. The van der Waals surface area contributed by atoms with E-state index in [9.17, 15) is 0 Å². The van der Waals surface area contributed by atoms with Gasteiger partial charge in [0.25, 0.3) is 0 Å². The molecule has 1 rings (SSSR count).